The number of benzene rings is 7. The fraction of sp³-hybridized carbons (Fsp3) is 0. The zero-order valence-electron chi connectivity index (χ0n) is 28.5. The maximum atomic E-state index is 5.06. The van der Waals surface area contributed by atoms with E-state index in [1.165, 1.54) is 43.5 Å². The number of hydrogen-bond acceptors (Lipinski definition) is 5. The summed E-state index contributed by atoms with van der Waals surface area (Å²) in [5.74, 6) is 1.90. The Bertz CT molecular complexity index is 2660. The van der Waals surface area contributed by atoms with Crippen molar-refractivity contribution in [3.05, 3.63) is 182 Å². The highest BCUT2D eigenvalue weighted by Gasteiger charge is 2.23. The van der Waals surface area contributed by atoms with E-state index in [0.717, 1.165) is 38.4 Å². The lowest BCUT2D eigenvalue weighted by atomic mass is 9.90. The van der Waals surface area contributed by atoms with Crippen molar-refractivity contribution >= 4 is 22.5 Å². The normalized spacial score (nSPS) is 11.7. The van der Waals surface area contributed by atoms with Crippen LogP contribution in [0.4, 0.5) is 0 Å². The van der Waals surface area contributed by atoms with Crippen LogP contribution >= 0.6 is 11.8 Å². The first-order valence-electron chi connectivity index (χ1n) is 17.6. The molecule has 10 rings (SSSR count). The summed E-state index contributed by atoms with van der Waals surface area (Å²) in [6.45, 7) is 0. The van der Waals surface area contributed by atoms with Crippen molar-refractivity contribution in [1.29, 1.82) is 0 Å². The first-order valence-corrected chi connectivity index (χ1v) is 18.4. The fourth-order valence-corrected chi connectivity index (χ4v) is 8.23. The predicted octanol–water partition coefficient (Wildman–Crippen LogP) is 12.6. The molecule has 4 nitrogen and oxygen atoms in total. The van der Waals surface area contributed by atoms with Crippen LogP contribution in [0.2, 0.25) is 0 Å². The van der Waals surface area contributed by atoms with E-state index >= 15 is 0 Å². The van der Waals surface area contributed by atoms with Crippen molar-refractivity contribution in [3.8, 4) is 78.7 Å². The predicted molar refractivity (Wildman–Crippen MR) is 217 cm³/mol. The minimum absolute atomic E-state index is 0.629. The molecule has 0 aliphatic carbocycles. The Balaban J connectivity index is 1.06. The van der Waals surface area contributed by atoms with Crippen LogP contribution in [0.3, 0.4) is 0 Å². The first-order chi connectivity index (χ1) is 26.2. The minimum Gasteiger partial charge on any atom is -0.249 e. The number of nitrogens with zero attached hydrogens (tertiary/aromatic N) is 4. The molecule has 0 unspecified atom stereocenters. The summed E-state index contributed by atoms with van der Waals surface area (Å²) in [6.07, 6.45) is 1.88. The molecule has 1 aliphatic rings. The van der Waals surface area contributed by atoms with E-state index < -0.39 is 0 Å². The zero-order chi connectivity index (χ0) is 35.1. The molecule has 0 fully saturated rings. The van der Waals surface area contributed by atoms with Gasteiger partial charge in [0.1, 0.15) is 5.03 Å². The molecular formula is C48H30N4S. The van der Waals surface area contributed by atoms with Gasteiger partial charge in [-0.3, -0.25) is 0 Å². The molecule has 0 N–H and O–H groups in total. The molecule has 7 aromatic carbocycles. The average molecular weight is 695 g/mol. The van der Waals surface area contributed by atoms with E-state index in [-0.39, 0.29) is 0 Å². The van der Waals surface area contributed by atoms with Gasteiger partial charge in [0.25, 0.3) is 0 Å². The van der Waals surface area contributed by atoms with Crippen LogP contribution < -0.4 is 0 Å². The number of fused-ring (bicyclic) bond motifs is 2. The van der Waals surface area contributed by atoms with Crippen LogP contribution in [0.5, 0.6) is 0 Å². The van der Waals surface area contributed by atoms with Crippen LogP contribution in [0.1, 0.15) is 0 Å². The second-order valence-electron chi connectivity index (χ2n) is 13.1. The lowest BCUT2D eigenvalue weighted by Gasteiger charge is -2.22. The van der Waals surface area contributed by atoms with Gasteiger partial charge in [0, 0.05) is 44.3 Å². The molecule has 2 aromatic heterocycles. The van der Waals surface area contributed by atoms with E-state index in [1.54, 1.807) is 11.8 Å². The second kappa shape index (κ2) is 13.1. The third-order valence-electron chi connectivity index (χ3n) is 9.84. The van der Waals surface area contributed by atoms with Crippen molar-refractivity contribution in [3.63, 3.8) is 0 Å². The van der Waals surface area contributed by atoms with E-state index in [4.69, 9.17) is 19.9 Å². The highest BCUT2D eigenvalue weighted by Crippen LogP contribution is 2.50. The van der Waals surface area contributed by atoms with Crippen molar-refractivity contribution < 1.29 is 0 Å². The summed E-state index contributed by atoms with van der Waals surface area (Å²) in [5.41, 5.74) is 12.1. The molecule has 0 radical (unpaired) electrons. The van der Waals surface area contributed by atoms with E-state index in [1.807, 2.05) is 24.4 Å². The molecule has 0 saturated carbocycles. The maximum absolute atomic E-state index is 5.06. The maximum Gasteiger partial charge on any atom is 0.164 e. The van der Waals surface area contributed by atoms with Crippen LogP contribution in [0.25, 0.3) is 89.4 Å². The summed E-state index contributed by atoms with van der Waals surface area (Å²) in [4.78, 5) is 21.1. The lowest BCUT2D eigenvalue weighted by molar-refractivity contribution is 1.07. The van der Waals surface area contributed by atoms with Gasteiger partial charge in [-0.2, -0.15) is 0 Å². The molecule has 53 heavy (non-hydrogen) atoms. The van der Waals surface area contributed by atoms with Gasteiger partial charge in [-0.15, -0.1) is 0 Å². The summed E-state index contributed by atoms with van der Waals surface area (Å²) in [7, 11) is 0. The molecular weight excluding hydrogens is 665 g/mol. The topological polar surface area (TPSA) is 51.6 Å². The summed E-state index contributed by atoms with van der Waals surface area (Å²) >= 11 is 1.74. The van der Waals surface area contributed by atoms with Crippen molar-refractivity contribution in [2.75, 3.05) is 0 Å². The van der Waals surface area contributed by atoms with E-state index in [2.05, 4.69) is 158 Å². The van der Waals surface area contributed by atoms with Gasteiger partial charge in [0.2, 0.25) is 0 Å². The largest absolute Gasteiger partial charge is 0.249 e. The Morgan fingerprint density at radius 1 is 0.340 bits per heavy atom. The smallest absolute Gasteiger partial charge is 0.164 e. The molecule has 248 valence electrons. The Kier molecular flexibility index (Phi) is 7.70. The third-order valence-corrected chi connectivity index (χ3v) is 10.9. The highest BCUT2D eigenvalue weighted by molar-refractivity contribution is 7.99. The number of rotatable bonds is 6. The monoisotopic (exact) mass is 694 g/mol. The summed E-state index contributed by atoms with van der Waals surface area (Å²) < 4.78 is 0. The quantitative estimate of drug-likeness (QED) is 0.173. The molecule has 0 bridgehead atoms. The van der Waals surface area contributed by atoms with E-state index in [9.17, 15) is 0 Å². The van der Waals surface area contributed by atoms with E-state index in [0.29, 0.717) is 17.5 Å². The number of pyridine rings is 1. The summed E-state index contributed by atoms with van der Waals surface area (Å²) in [6, 6.07) is 61.5. The van der Waals surface area contributed by atoms with Crippen LogP contribution in [0.15, 0.2) is 192 Å². The van der Waals surface area contributed by atoms with Crippen molar-refractivity contribution in [1.82, 2.24) is 19.9 Å². The lowest BCUT2D eigenvalue weighted by Crippen LogP contribution is -2.00. The van der Waals surface area contributed by atoms with Gasteiger partial charge in [0.15, 0.2) is 17.5 Å². The number of aromatic nitrogens is 4. The Hall–Kier alpha value is -6.69. The van der Waals surface area contributed by atoms with Gasteiger partial charge in [-0.1, -0.05) is 176 Å². The molecule has 0 amide bonds. The van der Waals surface area contributed by atoms with Gasteiger partial charge in [-0.25, -0.2) is 19.9 Å². The highest BCUT2D eigenvalue weighted by atomic mass is 32.2. The fourth-order valence-electron chi connectivity index (χ4n) is 7.16. The SMILES string of the molecule is c1ccc(-c2ccc(-c3nc(-c4ccc(-c5ccccc5)cc4)nc(-c4ccc(-c5ccc6cccc7c6c5-c5cccnc5S7)cc4)n3)cc2)cc1. The Labute approximate surface area is 312 Å². The van der Waals surface area contributed by atoms with Crippen molar-refractivity contribution in [2.45, 2.75) is 9.92 Å². The Morgan fingerprint density at radius 2 is 0.830 bits per heavy atom. The average Bonchev–Trinajstić information content (AvgIpc) is 3.24. The molecule has 0 spiro atoms. The molecule has 5 heteroatoms. The van der Waals surface area contributed by atoms with Gasteiger partial charge >= 0.3 is 0 Å². The van der Waals surface area contributed by atoms with Gasteiger partial charge < -0.3 is 0 Å². The Morgan fingerprint density at radius 3 is 1.38 bits per heavy atom. The molecule has 0 atom stereocenters. The van der Waals surface area contributed by atoms with Gasteiger partial charge in [0.05, 0.1) is 0 Å². The van der Waals surface area contributed by atoms with Crippen LogP contribution in [-0.4, -0.2) is 19.9 Å². The third kappa shape index (κ3) is 5.78. The van der Waals surface area contributed by atoms with Crippen LogP contribution in [-0.2, 0) is 0 Å². The van der Waals surface area contributed by atoms with Gasteiger partial charge in [-0.05, 0) is 50.9 Å². The van der Waals surface area contributed by atoms with Crippen molar-refractivity contribution in [2.24, 2.45) is 0 Å². The number of hydrogen-bond donors (Lipinski definition) is 0. The molecule has 9 aromatic rings. The molecule has 1 aliphatic heterocycles. The molecule has 0 saturated heterocycles. The minimum atomic E-state index is 0.629. The molecule has 3 heterocycles. The standard InChI is InChI=1S/C48H30N4S/c1-3-9-31(10-4-1)33-16-22-37(23-17-33)45-50-46(38-24-18-34(19-25-38)32-11-5-2-6-12-32)52-47(51-45)39-26-20-35(21-27-39)40-29-28-36-13-7-15-42-43(36)44(40)41-14-8-30-49-48(41)53-42/h1-30H. The first kappa shape index (κ1) is 31.1. The van der Waals surface area contributed by atoms with Crippen LogP contribution in [0, 0.1) is 0 Å². The zero-order valence-corrected chi connectivity index (χ0v) is 29.3. The second-order valence-corrected chi connectivity index (χ2v) is 14.1. The summed E-state index contributed by atoms with van der Waals surface area (Å²) in [5, 5.41) is 3.55.